The van der Waals surface area contributed by atoms with Crippen LogP contribution in [-0.4, -0.2) is 36.1 Å². The number of carbonyl (C=O) groups excluding carboxylic acids is 1. The Balaban J connectivity index is 1.76. The fourth-order valence-corrected chi connectivity index (χ4v) is 3.88. The molecule has 0 radical (unpaired) electrons. The van der Waals surface area contributed by atoms with Crippen LogP contribution < -0.4 is 10.3 Å². The van der Waals surface area contributed by atoms with Crippen LogP contribution in [0.1, 0.15) is 25.8 Å². The quantitative estimate of drug-likeness (QED) is 0.801. The Morgan fingerprint density at radius 3 is 2.42 bits per heavy atom. The molecule has 1 amide bonds. The summed E-state index contributed by atoms with van der Waals surface area (Å²) in [5, 5.41) is 0. The lowest BCUT2D eigenvalue weighted by molar-refractivity contribution is -0.131. The first-order valence-electron chi connectivity index (χ1n) is 8.84. The van der Waals surface area contributed by atoms with Crippen LogP contribution in [0.4, 0.5) is 0 Å². The number of rotatable bonds is 6. The fraction of sp³-hybridized carbons (Fsp3) is 0.429. The Labute approximate surface area is 154 Å². The molecule has 3 rings (SSSR count). The zero-order chi connectivity index (χ0) is 18.9. The van der Waals surface area contributed by atoms with Crippen molar-refractivity contribution in [2.24, 2.45) is 5.41 Å². The summed E-state index contributed by atoms with van der Waals surface area (Å²) in [6, 6.07) is 13.7. The van der Waals surface area contributed by atoms with Gasteiger partial charge in [0, 0.05) is 25.2 Å². The Morgan fingerprint density at radius 2 is 1.85 bits per heavy atom. The van der Waals surface area contributed by atoms with Crippen molar-refractivity contribution < 1.29 is 9.53 Å². The Morgan fingerprint density at radius 1 is 1.19 bits per heavy atom. The van der Waals surface area contributed by atoms with Gasteiger partial charge in [0.25, 0.3) is 5.56 Å². The van der Waals surface area contributed by atoms with Crippen molar-refractivity contribution in [3.8, 4) is 5.75 Å². The second-order valence-corrected chi connectivity index (χ2v) is 7.77. The number of nitrogens with zero attached hydrogens (tertiary/aromatic N) is 2. The lowest BCUT2D eigenvalue weighted by atomic mass is 9.87. The van der Waals surface area contributed by atoms with Gasteiger partial charge in [0.15, 0.2) is 5.75 Å². The summed E-state index contributed by atoms with van der Waals surface area (Å²) in [6.45, 7) is 5.13. The maximum absolute atomic E-state index is 12.7. The predicted molar refractivity (Wildman–Crippen MR) is 101 cm³/mol. The molecule has 0 aliphatic heterocycles. The summed E-state index contributed by atoms with van der Waals surface area (Å²) in [4.78, 5) is 26.7. The van der Waals surface area contributed by atoms with E-state index in [1.165, 1.54) is 17.2 Å². The first-order valence-corrected chi connectivity index (χ1v) is 8.84. The average molecular weight is 354 g/mol. The number of pyridine rings is 1. The number of methoxy groups -OCH3 is 1. The molecule has 138 valence electrons. The van der Waals surface area contributed by atoms with Crippen LogP contribution in [-0.2, 0) is 16.8 Å². The van der Waals surface area contributed by atoms with E-state index in [2.05, 4.69) is 26.0 Å². The number of hydrogen-bond donors (Lipinski definition) is 0. The number of carbonyl (C=O) groups is 1. The van der Waals surface area contributed by atoms with E-state index in [-0.39, 0.29) is 34.6 Å². The van der Waals surface area contributed by atoms with Crippen molar-refractivity contribution in [3.05, 3.63) is 64.6 Å². The van der Waals surface area contributed by atoms with Crippen molar-refractivity contribution in [2.75, 3.05) is 20.7 Å². The first kappa shape index (κ1) is 18.2. The third kappa shape index (κ3) is 3.14. The number of amides is 1. The SMILES string of the molecule is COc1cccn(CC(=O)N(C)CC2(c3ccccc3)CC2(C)C)c1=O. The van der Waals surface area contributed by atoms with Crippen LogP contribution in [0.25, 0.3) is 0 Å². The molecule has 2 aromatic rings. The number of benzene rings is 1. The molecular weight excluding hydrogens is 328 g/mol. The van der Waals surface area contributed by atoms with Gasteiger partial charge < -0.3 is 14.2 Å². The van der Waals surface area contributed by atoms with Gasteiger partial charge in [0.1, 0.15) is 6.54 Å². The molecule has 0 spiro atoms. The van der Waals surface area contributed by atoms with Crippen molar-refractivity contribution in [1.29, 1.82) is 0 Å². The van der Waals surface area contributed by atoms with E-state index >= 15 is 0 Å². The molecule has 1 aliphatic carbocycles. The molecule has 1 aromatic carbocycles. The van der Waals surface area contributed by atoms with Gasteiger partial charge in [-0.2, -0.15) is 0 Å². The Hall–Kier alpha value is -2.56. The highest BCUT2D eigenvalue weighted by Crippen LogP contribution is 2.64. The summed E-state index contributed by atoms with van der Waals surface area (Å²) in [6.07, 6.45) is 2.66. The van der Waals surface area contributed by atoms with E-state index < -0.39 is 0 Å². The standard InChI is InChI=1S/C21H26N2O3/c1-20(2)14-21(20,16-9-6-5-7-10-16)15-22(3)18(24)13-23-12-8-11-17(26-4)19(23)25/h5-12H,13-15H2,1-4H3. The van der Waals surface area contributed by atoms with Gasteiger partial charge in [-0.05, 0) is 29.5 Å². The van der Waals surface area contributed by atoms with Gasteiger partial charge in [-0.15, -0.1) is 0 Å². The highest BCUT2D eigenvalue weighted by molar-refractivity contribution is 5.76. The minimum atomic E-state index is -0.290. The molecule has 1 fully saturated rings. The maximum Gasteiger partial charge on any atom is 0.293 e. The molecule has 1 saturated carbocycles. The Bertz CT molecular complexity index is 857. The number of hydrogen-bond acceptors (Lipinski definition) is 3. The van der Waals surface area contributed by atoms with E-state index in [1.807, 2.05) is 25.2 Å². The molecule has 1 atom stereocenters. The molecular formula is C21H26N2O3. The summed E-state index contributed by atoms with van der Waals surface area (Å²) >= 11 is 0. The van der Waals surface area contributed by atoms with Gasteiger partial charge in [-0.25, -0.2) is 0 Å². The van der Waals surface area contributed by atoms with Crippen LogP contribution in [0.5, 0.6) is 5.75 Å². The monoisotopic (exact) mass is 354 g/mol. The second-order valence-electron chi connectivity index (χ2n) is 7.77. The van der Waals surface area contributed by atoms with Crippen LogP contribution in [0.3, 0.4) is 0 Å². The lowest BCUT2D eigenvalue weighted by Gasteiger charge is -2.28. The smallest absolute Gasteiger partial charge is 0.293 e. The lowest BCUT2D eigenvalue weighted by Crippen LogP contribution is -2.39. The van der Waals surface area contributed by atoms with Gasteiger partial charge in [0.05, 0.1) is 7.11 Å². The molecule has 1 aromatic heterocycles. The van der Waals surface area contributed by atoms with Gasteiger partial charge in [0.2, 0.25) is 5.91 Å². The topological polar surface area (TPSA) is 51.5 Å². The molecule has 1 unspecified atom stereocenters. The van der Waals surface area contributed by atoms with Crippen LogP contribution >= 0.6 is 0 Å². The van der Waals surface area contributed by atoms with Crippen molar-refractivity contribution in [3.63, 3.8) is 0 Å². The van der Waals surface area contributed by atoms with Gasteiger partial charge >= 0.3 is 0 Å². The zero-order valence-electron chi connectivity index (χ0n) is 15.9. The highest BCUT2D eigenvalue weighted by atomic mass is 16.5. The summed E-state index contributed by atoms with van der Waals surface area (Å²) < 4.78 is 6.44. The molecule has 26 heavy (non-hydrogen) atoms. The van der Waals surface area contributed by atoms with Crippen LogP contribution in [0, 0.1) is 5.41 Å². The normalized spacial score (nSPS) is 20.5. The highest BCUT2D eigenvalue weighted by Gasteiger charge is 2.62. The molecule has 5 heteroatoms. The van der Waals surface area contributed by atoms with Crippen LogP contribution in [0.15, 0.2) is 53.5 Å². The molecule has 0 bridgehead atoms. The minimum Gasteiger partial charge on any atom is -0.491 e. The summed E-state index contributed by atoms with van der Waals surface area (Å²) in [5.41, 5.74) is 1.10. The molecule has 1 heterocycles. The van der Waals surface area contributed by atoms with E-state index in [9.17, 15) is 9.59 Å². The number of likely N-dealkylation sites (N-methyl/N-ethyl adjacent to an activating group) is 1. The fourth-order valence-electron chi connectivity index (χ4n) is 3.88. The summed E-state index contributed by atoms with van der Waals surface area (Å²) in [7, 11) is 3.26. The van der Waals surface area contributed by atoms with E-state index in [4.69, 9.17) is 4.74 Å². The van der Waals surface area contributed by atoms with Crippen molar-refractivity contribution >= 4 is 5.91 Å². The van der Waals surface area contributed by atoms with Crippen LogP contribution in [0.2, 0.25) is 0 Å². The Kier molecular flexibility index (Phi) is 4.65. The summed E-state index contributed by atoms with van der Waals surface area (Å²) in [5.74, 6) is 0.158. The average Bonchev–Trinajstić information content (AvgIpc) is 3.19. The van der Waals surface area contributed by atoms with Crippen molar-refractivity contribution in [1.82, 2.24) is 9.47 Å². The van der Waals surface area contributed by atoms with E-state index in [1.54, 1.807) is 23.2 Å². The van der Waals surface area contributed by atoms with Gasteiger partial charge in [-0.1, -0.05) is 44.2 Å². The molecule has 0 N–H and O–H groups in total. The molecule has 1 aliphatic rings. The molecule has 5 nitrogen and oxygen atoms in total. The van der Waals surface area contributed by atoms with Crippen molar-refractivity contribution in [2.45, 2.75) is 32.2 Å². The third-order valence-electron chi connectivity index (χ3n) is 5.68. The largest absolute Gasteiger partial charge is 0.491 e. The van der Waals surface area contributed by atoms with E-state index in [0.29, 0.717) is 6.54 Å². The molecule has 0 saturated heterocycles. The van der Waals surface area contributed by atoms with Gasteiger partial charge in [-0.3, -0.25) is 9.59 Å². The predicted octanol–water partition coefficient (Wildman–Crippen LogP) is 2.68. The second kappa shape index (κ2) is 6.63. The number of ether oxygens (including phenoxy) is 1. The number of aromatic nitrogens is 1. The maximum atomic E-state index is 12.7. The first-order chi connectivity index (χ1) is 12.3. The third-order valence-corrected chi connectivity index (χ3v) is 5.68. The zero-order valence-corrected chi connectivity index (χ0v) is 15.9. The van der Waals surface area contributed by atoms with E-state index in [0.717, 1.165) is 6.42 Å². The minimum absolute atomic E-state index is 0.0117.